The van der Waals surface area contributed by atoms with Gasteiger partial charge in [-0.3, -0.25) is 10.1 Å². The van der Waals surface area contributed by atoms with Crippen LogP contribution in [0.2, 0.25) is 0 Å². The predicted molar refractivity (Wildman–Crippen MR) is 69.3 cm³/mol. The fraction of sp³-hybridized carbons (Fsp3) is 0.500. The first kappa shape index (κ1) is 14.4. The molecule has 6 heteroatoms. The van der Waals surface area contributed by atoms with Gasteiger partial charge in [-0.1, -0.05) is 6.07 Å². The van der Waals surface area contributed by atoms with Gasteiger partial charge in [-0.15, -0.1) is 0 Å². The van der Waals surface area contributed by atoms with Crippen LogP contribution in [0.3, 0.4) is 0 Å². The lowest BCUT2D eigenvalue weighted by Crippen LogP contribution is -2.14. The van der Waals surface area contributed by atoms with Crippen molar-refractivity contribution in [2.45, 2.75) is 12.8 Å². The molecule has 0 aliphatic rings. The number of unbranched alkanes of at least 4 members (excludes halogenated alkanes) is 1. The summed E-state index contributed by atoms with van der Waals surface area (Å²) in [6.45, 7) is 1.56. The summed E-state index contributed by atoms with van der Waals surface area (Å²) in [6.07, 6.45) is 1.87. The average Bonchev–Trinajstić information content (AvgIpc) is 2.27. The first-order valence-corrected chi connectivity index (χ1v) is 5.84. The molecule has 0 heterocycles. The minimum atomic E-state index is -0.807. The van der Waals surface area contributed by atoms with Gasteiger partial charge in [0.15, 0.2) is 0 Å². The van der Waals surface area contributed by atoms with Crippen LogP contribution in [0.25, 0.3) is 0 Å². The van der Waals surface area contributed by atoms with E-state index in [4.69, 9.17) is 0 Å². The van der Waals surface area contributed by atoms with Crippen LogP contribution < -0.4 is 5.32 Å². The number of nitrogens with one attached hydrogen (secondary N) is 1. The van der Waals surface area contributed by atoms with Crippen LogP contribution in [0.1, 0.15) is 12.8 Å². The fourth-order valence-electron chi connectivity index (χ4n) is 1.62. The van der Waals surface area contributed by atoms with Crippen molar-refractivity contribution in [3.8, 4) is 0 Å². The number of nitrogens with zero attached hydrogens (tertiary/aromatic N) is 2. The van der Waals surface area contributed by atoms with E-state index in [2.05, 4.69) is 10.2 Å². The summed E-state index contributed by atoms with van der Waals surface area (Å²) < 4.78 is 13.3. The van der Waals surface area contributed by atoms with E-state index in [1.807, 2.05) is 14.1 Å². The van der Waals surface area contributed by atoms with Crippen LogP contribution in [0, 0.1) is 15.9 Å². The normalized spacial score (nSPS) is 10.7. The van der Waals surface area contributed by atoms with E-state index in [1.54, 1.807) is 0 Å². The molecule has 0 saturated heterocycles. The monoisotopic (exact) mass is 255 g/mol. The highest BCUT2D eigenvalue weighted by Crippen LogP contribution is 2.26. The third-order valence-electron chi connectivity index (χ3n) is 2.52. The second-order valence-corrected chi connectivity index (χ2v) is 4.33. The number of benzene rings is 1. The van der Waals surface area contributed by atoms with Crippen molar-refractivity contribution >= 4 is 11.4 Å². The second-order valence-electron chi connectivity index (χ2n) is 4.33. The summed E-state index contributed by atoms with van der Waals surface area (Å²) in [5, 5.41) is 13.6. The molecule has 0 aromatic heterocycles. The number of rotatable bonds is 7. The molecule has 0 atom stereocenters. The topological polar surface area (TPSA) is 58.4 Å². The summed E-state index contributed by atoms with van der Waals surface area (Å²) in [5.74, 6) is -0.807. The molecule has 5 nitrogen and oxygen atoms in total. The van der Waals surface area contributed by atoms with Crippen molar-refractivity contribution in [3.05, 3.63) is 34.1 Å². The molecule has 0 amide bonds. The van der Waals surface area contributed by atoms with Gasteiger partial charge in [-0.2, -0.15) is 4.39 Å². The van der Waals surface area contributed by atoms with E-state index < -0.39 is 16.4 Å². The highest BCUT2D eigenvalue weighted by atomic mass is 19.1. The van der Waals surface area contributed by atoms with Crippen molar-refractivity contribution < 1.29 is 9.31 Å². The summed E-state index contributed by atoms with van der Waals surface area (Å²) in [5.41, 5.74) is -0.241. The molecule has 1 N–H and O–H groups in total. The third-order valence-corrected chi connectivity index (χ3v) is 2.52. The molecular weight excluding hydrogens is 237 g/mol. The maximum absolute atomic E-state index is 13.3. The van der Waals surface area contributed by atoms with E-state index in [1.165, 1.54) is 12.1 Å². The van der Waals surface area contributed by atoms with E-state index >= 15 is 0 Å². The molecule has 1 rings (SSSR count). The molecule has 1 aromatic carbocycles. The van der Waals surface area contributed by atoms with Gasteiger partial charge in [0.2, 0.25) is 5.82 Å². The minimum Gasteiger partial charge on any atom is -0.379 e. The molecule has 0 unspecified atom stereocenters. The molecule has 0 bridgehead atoms. The Morgan fingerprint density at radius 1 is 1.39 bits per heavy atom. The van der Waals surface area contributed by atoms with Crippen molar-refractivity contribution in [1.82, 2.24) is 4.90 Å². The van der Waals surface area contributed by atoms with Gasteiger partial charge in [0.25, 0.3) is 0 Å². The Morgan fingerprint density at radius 3 is 2.72 bits per heavy atom. The quantitative estimate of drug-likeness (QED) is 0.462. The van der Waals surface area contributed by atoms with Crippen LogP contribution in [-0.2, 0) is 0 Å². The highest BCUT2D eigenvalue weighted by molar-refractivity contribution is 5.61. The molecule has 0 fully saturated rings. The maximum atomic E-state index is 13.3. The summed E-state index contributed by atoms with van der Waals surface area (Å²) in [4.78, 5) is 12.1. The number of hydrogen-bond donors (Lipinski definition) is 1. The van der Waals surface area contributed by atoms with Crippen LogP contribution in [0.5, 0.6) is 0 Å². The first-order chi connectivity index (χ1) is 8.52. The maximum Gasteiger partial charge on any atom is 0.327 e. The Labute approximate surface area is 106 Å². The zero-order valence-electron chi connectivity index (χ0n) is 10.6. The van der Waals surface area contributed by atoms with Gasteiger partial charge in [0.1, 0.15) is 5.69 Å². The molecule has 0 radical (unpaired) electrons. The minimum absolute atomic E-state index is 0.241. The second kappa shape index (κ2) is 6.90. The lowest BCUT2D eigenvalue weighted by Gasteiger charge is -2.10. The zero-order chi connectivity index (χ0) is 13.5. The van der Waals surface area contributed by atoms with Gasteiger partial charge in [-0.25, -0.2) is 0 Å². The Bertz CT molecular complexity index is 410. The predicted octanol–water partition coefficient (Wildman–Crippen LogP) is 2.49. The molecule has 0 spiro atoms. The Kier molecular flexibility index (Phi) is 5.51. The number of nitro benzene ring substituents is 1. The van der Waals surface area contributed by atoms with Gasteiger partial charge in [-0.05, 0) is 45.6 Å². The smallest absolute Gasteiger partial charge is 0.327 e. The van der Waals surface area contributed by atoms with Gasteiger partial charge < -0.3 is 10.2 Å². The molecule has 0 saturated carbocycles. The van der Waals surface area contributed by atoms with Gasteiger partial charge in [0.05, 0.1) is 4.92 Å². The third kappa shape index (κ3) is 4.29. The van der Waals surface area contributed by atoms with Gasteiger partial charge >= 0.3 is 5.69 Å². The van der Waals surface area contributed by atoms with Crippen molar-refractivity contribution in [3.63, 3.8) is 0 Å². The van der Waals surface area contributed by atoms with E-state index in [0.717, 1.165) is 25.5 Å². The fourth-order valence-corrected chi connectivity index (χ4v) is 1.62. The number of anilines is 1. The summed E-state index contributed by atoms with van der Waals surface area (Å²) in [6, 6.07) is 4.08. The molecule has 18 heavy (non-hydrogen) atoms. The molecular formula is C12H18FN3O2. The number of nitro groups is 1. The Morgan fingerprint density at radius 2 is 2.11 bits per heavy atom. The SMILES string of the molecule is CN(C)CCCCNc1cccc(F)c1[N+](=O)[O-]. The lowest BCUT2D eigenvalue weighted by molar-refractivity contribution is -0.386. The Balaban J connectivity index is 2.52. The molecule has 100 valence electrons. The number of halogens is 1. The highest BCUT2D eigenvalue weighted by Gasteiger charge is 2.18. The number of hydrogen-bond acceptors (Lipinski definition) is 4. The lowest BCUT2D eigenvalue weighted by atomic mass is 10.2. The standard InChI is InChI=1S/C12H18FN3O2/c1-15(2)9-4-3-8-14-11-7-5-6-10(13)12(11)16(17)18/h5-7,14H,3-4,8-9H2,1-2H3. The van der Waals surface area contributed by atoms with Crippen molar-refractivity contribution in [1.29, 1.82) is 0 Å². The molecule has 1 aromatic rings. The van der Waals surface area contributed by atoms with E-state index in [9.17, 15) is 14.5 Å². The Hall–Kier alpha value is -1.69. The van der Waals surface area contributed by atoms with Crippen molar-refractivity contribution in [2.75, 3.05) is 32.5 Å². The van der Waals surface area contributed by atoms with Crippen LogP contribution in [-0.4, -0.2) is 37.0 Å². The summed E-state index contributed by atoms with van der Waals surface area (Å²) in [7, 11) is 3.98. The van der Waals surface area contributed by atoms with Crippen LogP contribution in [0.15, 0.2) is 18.2 Å². The number of para-hydroxylation sites is 1. The van der Waals surface area contributed by atoms with E-state index in [0.29, 0.717) is 6.54 Å². The van der Waals surface area contributed by atoms with Crippen LogP contribution in [0.4, 0.5) is 15.8 Å². The molecule has 0 aliphatic heterocycles. The average molecular weight is 255 g/mol. The largest absolute Gasteiger partial charge is 0.379 e. The molecule has 0 aliphatic carbocycles. The van der Waals surface area contributed by atoms with E-state index in [-0.39, 0.29) is 5.69 Å². The summed E-state index contributed by atoms with van der Waals surface area (Å²) >= 11 is 0. The van der Waals surface area contributed by atoms with Crippen molar-refractivity contribution in [2.24, 2.45) is 0 Å². The van der Waals surface area contributed by atoms with Gasteiger partial charge in [0, 0.05) is 6.54 Å². The first-order valence-electron chi connectivity index (χ1n) is 5.84. The van der Waals surface area contributed by atoms with Crippen LogP contribution >= 0.6 is 0 Å². The zero-order valence-corrected chi connectivity index (χ0v) is 10.6.